The van der Waals surface area contributed by atoms with Crippen LogP contribution in [0.15, 0.2) is 54.6 Å². The van der Waals surface area contributed by atoms with Crippen molar-refractivity contribution in [2.24, 2.45) is 0 Å². The number of piperidine rings is 1. The van der Waals surface area contributed by atoms with E-state index in [0.29, 0.717) is 37.3 Å². The van der Waals surface area contributed by atoms with Crippen molar-refractivity contribution in [3.05, 3.63) is 65.7 Å². The fourth-order valence-corrected chi connectivity index (χ4v) is 5.62. The van der Waals surface area contributed by atoms with Crippen LogP contribution in [0.5, 0.6) is 0 Å². The van der Waals surface area contributed by atoms with Crippen LogP contribution in [0.2, 0.25) is 0 Å². The van der Waals surface area contributed by atoms with Gasteiger partial charge in [0.1, 0.15) is 0 Å². The van der Waals surface area contributed by atoms with Gasteiger partial charge < -0.3 is 9.64 Å². The molecule has 2 saturated heterocycles. The molecule has 2 aromatic rings. The molecule has 8 heteroatoms. The number of hydrogen-bond acceptors (Lipinski definition) is 5. The molecule has 1 amide bonds. The second kappa shape index (κ2) is 9.09. The minimum absolute atomic E-state index is 0.0993. The highest BCUT2D eigenvalue weighted by atomic mass is 32.2. The van der Waals surface area contributed by atoms with Crippen LogP contribution in [-0.4, -0.2) is 50.6 Å². The quantitative estimate of drug-likeness (QED) is 0.665. The number of esters is 1. The highest BCUT2D eigenvalue weighted by Gasteiger charge is 2.32. The maximum absolute atomic E-state index is 13.2. The molecular weight excluding hydrogens is 416 g/mol. The minimum atomic E-state index is -3.36. The number of rotatable bonds is 5. The first-order valence-corrected chi connectivity index (χ1v) is 12.2. The van der Waals surface area contributed by atoms with E-state index in [1.54, 1.807) is 47.4 Å². The average molecular weight is 443 g/mol. The van der Waals surface area contributed by atoms with Crippen molar-refractivity contribution in [3.8, 4) is 0 Å². The molecule has 2 heterocycles. The molecule has 1 atom stereocenters. The maximum Gasteiger partial charge on any atom is 0.339 e. The van der Waals surface area contributed by atoms with Gasteiger partial charge in [-0.05, 0) is 43.9 Å². The monoisotopic (exact) mass is 442 g/mol. The molecule has 4 rings (SSSR count). The van der Waals surface area contributed by atoms with Gasteiger partial charge in [-0.15, -0.1) is 0 Å². The molecular formula is C23H26N2O5S. The second-order valence-electron chi connectivity index (χ2n) is 7.87. The third-order valence-electron chi connectivity index (χ3n) is 5.69. The Morgan fingerprint density at radius 2 is 1.61 bits per heavy atom. The lowest BCUT2D eigenvalue weighted by Gasteiger charge is -2.30. The summed E-state index contributed by atoms with van der Waals surface area (Å²) in [6.45, 7) is 1.70. The molecule has 0 bridgehead atoms. The van der Waals surface area contributed by atoms with E-state index in [1.807, 2.05) is 6.07 Å². The van der Waals surface area contributed by atoms with Gasteiger partial charge >= 0.3 is 5.97 Å². The van der Waals surface area contributed by atoms with Crippen molar-refractivity contribution in [2.45, 2.75) is 31.8 Å². The first-order valence-electron chi connectivity index (χ1n) is 10.6. The zero-order valence-corrected chi connectivity index (χ0v) is 18.1. The van der Waals surface area contributed by atoms with Crippen molar-refractivity contribution in [3.63, 3.8) is 0 Å². The Balaban J connectivity index is 1.58. The molecule has 164 valence electrons. The van der Waals surface area contributed by atoms with Crippen LogP contribution in [0.3, 0.4) is 0 Å². The molecule has 0 saturated carbocycles. The SMILES string of the molecule is O=C(O[C@H](C(=O)N1CCCCC1)c1ccccc1)c1cccc(N2CCCS2(=O)=O)c1. The van der Waals surface area contributed by atoms with Crippen LogP contribution in [0, 0.1) is 0 Å². The summed E-state index contributed by atoms with van der Waals surface area (Å²) in [7, 11) is -3.36. The number of anilines is 1. The standard InChI is InChI=1S/C23H26N2O5S/c26-22(24-13-5-2-6-14-24)21(18-9-3-1-4-10-18)30-23(27)19-11-7-12-20(17-19)25-15-8-16-31(25,28)29/h1,3-4,7,9-12,17,21H,2,5-6,8,13-16H2/t21-/m0/s1. The summed E-state index contributed by atoms with van der Waals surface area (Å²) >= 11 is 0. The summed E-state index contributed by atoms with van der Waals surface area (Å²) in [5.74, 6) is -0.780. The summed E-state index contributed by atoms with van der Waals surface area (Å²) in [6.07, 6.45) is 2.48. The molecule has 31 heavy (non-hydrogen) atoms. The van der Waals surface area contributed by atoms with Crippen molar-refractivity contribution in [1.82, 2.24) is 4.90 Å². The number of benzene rings is 2. The normalized spacial score (nSPS) is 19.1. The lowest BCUT2D eigenvalue weighted by atomic mass is 10.1. The van der Waals surface area contributed by atoms with Crippen molar-refractivity contribution < 1.29 is 22.7 Å². The van der Waals surface area contributed by atoms with Gasteiger partial charge in [-0.1, -0.05) is 36.4 Å². The fourth-order valence-electron chi connectivity index (χ4n) is 4.06. The number of carbonyl (C=O) groups is 2. The molecule has 0 aromatic heterocycles. The van der Waals surface area contributed by atoms with Crippen LogP contribution in [0.25, 0.3) is 0 Å². The van der Waals surface area contributed by atoms with Gasteiger partial charge in [-0.3, -0.25) is 9.10 Å². The summed E-state index contributed by atoms with van der Waals surface area (Å²) in [4.78, 5) is 27.9. The van der Waals surface area contributed by atoms with Gasteiger partial charge in [0.05, 0.1) is 17.0 Å². The molecule has 2 aliphatic rings. The Morgan fingerprint density at radius 1 is 0.871 bits per heavy atom. The van der Waals surface area contributed by atoms with Crippen LogP contribution >= 0.6 is 0 Å². The first kappa shape index (κ1) is 21.4. The van der Waals surface area contributed by atoms with Crippen LogP contribution in [0.1, 0.15) is 47.7 Å². The second-order valence-corrected chi connectivity index (χ2v) is 9.89. The van der Waals surface area contributed by atoms with E-state index in [0.717, 1.165) is 19.3 Å². The van der Waals surface area contributed by atoms with Crippen molar-refractivity contribution in [1.29, 1.82) is 0 Å². The predicted octanol–water partition coefficient (Wildman–Crippen LogP) is 3.14. The van der Waals surface area contributed by atoms with E-state index in [9.17, 15) is 18.0 Å². The molecule has 0 unspecified atom stereocenters. The van der Waals surface area contributed by atoms with Gasteiger partial charge in [-0.2, -0.15) is 0 Å². The minimum Gasteiger partial charge on any atom is -0.444 e. The van der Waals surface area contributed by atoms with Gasteiger partial charge in [0, 0.05) is 25.2 Å². The highest BCUT2D eigenvalue weighted by molar-refractivity contribution is 7.93. The number of amides is 1. The van der Waals surface area contributed by atoms with Crippen LogP contribution < -0.4 is 4.31 Å². The summed E-state index contributed by atoms with van der Waals surface area (Å²) < 4.78 is 31.5. The predicted molar refractivity (Wildman–Crippen MR) is 117 cm³/mol. The van der Waals surface area contributed by atoms with Crippen LogP contribution in [-0.2, 0) is 19.6 Å². The van der Waals surface area contributed by atoms with E-state index in [1.165, 1.54) is 10.4 Å². The molecule has 0 radical (unpaired) electrons. The third-order valence-corrected chi connectivity index (χ3v) is 7.56. The number of hydrogen-bond donors (Lipinski definition) is 0. The maximum atomic E-state index is 13.2. The van der Waals surface area contributed by atoms with E-state index in [-0.39, 0.29) is 17.2 Å². The molecule has 0 N–H and O–H groups in total. The summed E-state index contributed by atoms with van der Waals surface area (Å²) in [5.41, 5.74) is 1.27. The van der Waals surface area contributed by atoms with Gasteiger partial charge in [0.15, 0.2) is 0 Å². The average Bonchev–Trinajstić information content (AvgIpc) is 3.17. The van der Waals surface area contributed by atoms with E-state index in [2.05, 4.69) is 0 Å². The number of sulfonamides is 1. The van der Waals surface area contributed by atoms with E-state index in [4.69, 9.17) is 4.74 Å². The Morgan fingerprint density at radius 3 is 2.29 bits per heavy atom. The zero-order valence-electron chi connectivity index (χ0n) is 17.3. The largest absolute Gasteiger partial charge is 0.444 e. The number of nitrogens with zero attached hydrogens (tertiary/aromatic N) is 2. The smallest absolute Gasteiger partial charge is 0.339 e. The Kier molecular flexibility index (Phi) is 6.27. The molecule has 7 nitrogen and oxygen atoms in total. The lowest BCUT2D eigenvalue weighted by molar-refractivity contribution is -0.142. The summed E-state index contributed by atoms with van der Waals surface area (Å²) in [5, 5.41) is 0. The van der Waals surface area contributed by atoms with E-state index < -0.39 is 22.1 Å². The Labute approximate surface area is 182 Å². The van der Waals surface area contributed by atoms with Gasteiger partial charge in [0.2, 0.25) is 16.1 Å². The first-order chi connectivity index (χ1) is 15.0. The highest BCUT2D eigenvalue weighted by Crippen LogP contribution is 2.27. The lowest BCUT2D eigenvalue weighted by Crippen LogP contribution is -2.40. The van der Waals surface area contributed by atoms with Crippen LogP contribution in [0.4, 0.5) is 5.69 Å². The number of ether oxygens (including phenoxy) is 1. The molecule has 2 fully saturated rings. The molecule has 0 aliphatic carbocycles. The topological polar surface area (TPSA) is 84.0 Å². The molecule has 0 spiro atoms. The fraction of sp³-hybridized carbons (Fsp3) is 0.391. The zero-order chi connectivity index (χ0) is 21.8. The van der Waals surface area contributed by atoms with Crippen molar-refractivity contribution in [2.75, 3.05) is 29.7 Å². The Hall–Kier alpha value is -2.87. The van der Waals surface area contributed by atoms with Gasteiger partial charge in [0.25, 0.3) is 5.91 Å². The molecule has 2 aliphatic heterocycles. The number of carbonyl (C=O) groups excluding carboxylic acids is 2. The third kappa shape index (κ3) is 4.74. The van der Waals surface area contributed by atoms with E-state index >= 15 is 0 Å². The van der Waals surface area contributed by atoms with Crippen molar-refractivity contribution >= 4 is 27.6 Å². The summed E-state index contributed by atoms with van der Waals surface area (Å²) in [6, 6.07) is 15.4. The number of likely N-dealkylation sites (tertiary alicyclic amines) is 1. The molecule has 2 aromatic carbocycles. The Bertz CT molecular complexity index is 1050. The van der Waals surface area contributed by atoms with Gasteiger partial charge in [-0.25, -0.2) is 13.2 Å².